The Morgan fingerprint density at radius 1 is 1.40 bits per heavy atom. The monoisotopic (exact) mass is 304 g/mol. The molecule has 0 spiro atoms. The molecule has 0 aliphatic heterocycles. The minimum atomic E-state index is 0. The molecule has 1 nitrogen and oxygen atoms in total. The summed E-state index contributed by atoms with van der Waals surface area (Å²) in [5, 5.41) is 8.73. The minimum absolute atomic E-state index is 0. The fourth-order valence-corrected chi connectivity index (χ4v) is 0.950. The van der Waals surface area contributed by atoms with Gasteiger partial charge < -0.3 is 5.11 Å². The first-order chi connectivity index (χ1) is 4.34. The van der Waals surface area contributed by atoms with Crippen molar-refractivity contribution in [2.75, 3.05) is 6.61 Å². The van der Waals surface area contributed by atoms with E-state index in [-0.39, 0.29) is 32.5 Å². The van der Waals surface area contributed by atoms with Gasteiger partial charge in [0, 0.05) is 38.4 Å². The Morgan fingerprint density at radius 2 is 1.90 bits per heavy atom. The van der Waals surface area contributed by atoms with E-state index in [1.807, 2.05) is 19.1 Å². The van der Waals surface area contributed by atoms with Crippen LogP contribution in [0.2, 0.25) is 0 Å². The van der Waals surface area contributed by atoms with Crippen molar-refractivity contribution in [3.8, 4) is 0 Å². The third-order valence-corrected chi connectivity index (χ3v) is 1.72. The van der Waals surface area contributed by atoms with Crippen LogP contribution >= 0.6 is 0 Å². The van der Waals surface area contributed by atoms with Crippen LogP contribution in [0.25, 0.3) is 0 Å². The van der Waals surface area contributed by atoms with Crippen LogP contribution in [0.1, 0.15) is 6.92 Å². The summed E-state index contributed by atoms with van der Waals surface area (Å²) in [7, 11) is 0. The topological polar surface area (TPSA) is 20.2 Å². The number of rotatable bonds is 2. The van der Waals surface area contributed by atoms with E-state index < -0.39 is 0 Å². The van der Waals surface area contributed by atoms with Gasteiger partial charge in [-0.25, -0.2) is 0 Å². The zero-order valence-electron chi connectivity index (χ0n) is 6.12. The molecular weight excluding hydrogens is 291 g/mol. The Morgan fingerprint density at radius 3 is 2.30 bits per heavy atom. The van der Waals surface area contributed by atoms with E-state index in [2.05, 4.69) is 12.2 Å². The van der Waals surface area contributed by atoms with Gasteiger partial charge in [0.25, 0.3) is 0 Å². The van der Waals surface area contributed by atoms with Crippen LogP contribution in [0, 0.1) is 11.8 Å². The van der Waals surface area contributed by atoms with Crippen molar-refractivity contribution in [3.05, 3.63) is 24.3 Å². The number of hydrogen-bond donors (Lipinski definition) is 1. The fourth-order valence-electron chi connectivity index (χ4n) is 0.950. The van der Waals surface area contributed by atoms with Gasteiger partial charge in [0.15, 0.2) is 0 Å². The van der Waals surface area contributed by atoms with E-state index in [0.29, 0.717) is 11.8 Å². The van der Waals surface area contributed by atoms with Crippen LogP contribution in [-0.2, 0) is 25.8 Å². The summed E-state index contributed by atoms with van der Waals surface area (Å²) < 4.78 is 0. The Kier molecular flexibility index (Phi) is 5.18. The van der Waals surface area contributed by atoms with Gasteiger partial charge in [-0.1, -0.05) is 31.2 Å². The number of aliphatic hydroxyl groups is 1. The maximum Gasteiger partial charge on any atom is 0.0465 e. The third kappa shape index (κ3) is 2.51. The summed E-state index contributed by atoms with van der Waals surface area (Å²) >= 11 is 0. The van der Waals surface area contributed by atoms with Crippen LogP contribution < -0.4 is 0 Å². The van der Waals surface area contributed by atoms with Crippen LogP contribution in [0.3, 0.4) is 0 Å². The zero-order valence-corrected chi connectivity index (χ0v) is 9.71. The molecule has 1 aliphatic rings. The molecule has 0 bridgehead atoms. The van der Waals surface area contributed by atoms with E-state index in [9.17, 15) is 0 Å². The second-order valence-corrected chi connectivity index (χ2v) is 2.51. The quantitative estimate of drug-likeness (QED) is 0.764. The van der Waals surface area contributed by atoms with Crippen molar-refractivity contribution >= 4 is 0 Å². The van der Waals surface area contributed by atoms with E-state index in [1.54, 1.807) is 0 Å². The van der Waals surface area contributed by atoms with Gasteiger partial charge in [0.1, 0.15) is 0 Å². The molecule has 0 aromatic rings. The summed E-state index contributed by atoms with van der Waals surface area (Å²) in [5.41, 5.74) is 0. The predicted molar refractivity (Wildman–Crippen MR) is 38.0 cm³/mol. The molecule has 54 valence electrons. The average molecular weight is 303 g/mol. The number of allylic oxidation sites excluding steroid dienone is 4. The molecule has 1 unspecified atom stereocenters. The van der Waals surface area contributed by atoms with E-state index in [4.69, 9.17) is 5.11 Å². The molecule has 0 radical (unpaired) electrons. The molecule has 0 aromatic heterocycles. The fraction of sp³-hybridized carbons (Fsp3) is 0.500. The van der Waals surface area contributed by atoms with Gasteiger partial charge in [-0.05, 0) is 5.92 Å². The van der Waals surface area contributed by atoms with Crippen molar-refractivity contribution in [2.45, 2.75) is 6.92 Å². The second kappa shape index (κ2) is 5.03. The SMILES string of the molecule is CC(CO)C1C=CC=C1.[Hf]. The normalized spacial score (nSPS) is 19.0. The second-order valence-electron chi connectivity index (χ2n) is 2.51. The van der Waals surface area contributed by atoms with Crippen molar-refractivity contribution in [2.24, 2.45) is 11.8 Å². The number of hydrogen-bond acceptors (Lipinski definition) is 1. The summed E-state index contributed by atoms with van der Waals surface area (Å²) in [4.78, 5) is 0. The van der Waals surface area contributed by atoms with Crippen LogP contribution in [0.4, 0.5) is 0 Å². The Bertz CT molecular complexity index is 128. The summed E-state index contributed by atoms with van der Waals surface area (Å²) in [6.07, 6.45) is 8.27. The van der Waals surface area contributed by atoms with Crippen molar-refractivity contribution < 1.29 is 30.9 Å². The number of aliphatic hydroxyl groups excluding tert-OH is 1. The molecule has 10 heavy (non-hydrogen) atoms. The van der Waals surface area contributed by atoms with Crippen LogP contribution in [-0.4, -0.2) is 11.7 Å². The van der Waals surface area contributed by atoms with Crippen LogP contribution in [0.15, 0.2) is 24.3 Å². The van der Waals surface area contributed by atoms with Gasteiger partial charge in [0.05, 0.1) is 0 Å². The maximum absolute atomic E-state index is 8.73. The van der Waals surface area contributed by atoms with Gasteiger partial charge in [0.2, 0.25) is 0 Å². The average Bonchev–Trinajstić information content (AvgIpc) is 2.37. The van der Waals surface area contributed by atoms with Crippen molar-refractivity contribution in [3.63, 3.8) is 0 Å². The summed E-state index contributed by atoms with van der Waals surface area (Å²) in [6.45, 7) is 2.32. The van der Waals surface area contributed by atoms with Gasteiger partial charge >= 0.3 is 0 Å². The molecule has 1 aliphatic carbocycles. The first-order valence-corrected chi connectivity index (χ1v) is 3.30. The molecular formula is C8H12HfO. The molecule has 1 atom stereocenters. The molecule has 1 rings (SSSR count). The van der Waals surface area contributed by atoms with Gasteiger partial charge in [-0.15, -0.1) is 0 Å². The predicted octanol–water partition coefficient (Wildman–Crippen LogP) is 1.35. The molecule has 0 amide bonds. The van der Waals surface area contributed by atoms with E-state index in [1.165, 1.54) is 0 Å². The Hall–Kier alpha value is 0.310. The van der Waals surface area contributed by atoms with Gasteiger partial charge in [-0.3, -0.25) is 0 Å². The van der Waals surface area contributed by atoms with Crippen molar-refractivity contribution in [1.82, 2.24) is 0 Å². The van der Waals surface area contributed by atoms with E-state index in [0.717, 1.165) is 0 Å². The van der Waals surface area contributed by atoms with Crippen molar-refractivity contribution in [1.29, 1.82) is 0 Å². The maximum atomic E-state index is 8.73. The first-order valence-electron chi connectivity index (χ1n) is 3.30. The molecule has 2 heteroatoms. The summed E-state index contributed by atoms with van der Waals surface area (Å²) in [5.74, 6) is 0.843. The largest absolute Gasteiger partial charge is 0.396 e. The molecule has 0 saturated heterocycles. The smallest absolute Gasteiger partial charge is 0.0465 e. The minimum Gasteiger partial charge on any atom is -0.396 e. The third-order valence-electron chi connectivity index (χ3n) is 1.72. The summed E-state index contributed by atoms with van der Waals surface area (Å²) in [6, 6.07) is 0. The molecule has 1 N–H and O–H groups in total. The standard InChI is InChI=1S/C8H12O.Hf/c1-7(6-9)8-4-2-3-5-8;/h2-5,7-9H,6H2,1H3;. The van der Waals surface area contributed by atoms with E-state index >= 15 is 0 Å². The zero-order chi connectivity index (χ0) is 6.69. The molecule has 0 heterocycles. The Labute approximate surface area is 80.6 Å². The van der Waals surface area contributed by atoms with Crippen LogP contribution in [0.5, 0.6) is 0 Å². The molecule has 0 fully saturated rings. The Balaban J connectivity index is 0.000000810. The molecule has 0 saturated carbocycles. The van der Waals surface area contributed by atoms with Gasteiger partial charge in [-0.2, -0.15) is 0 Å². The molecule has 0 aromatic carbocycles. The first kappa shape index (κ1) is 10.3.